The third-order valence-electron chi connectivity index (χ3n) is 1.05. The summed E-state index contributed by atoms with van der Waals surface area (Å²) in [5.74, 6) is 2.36. The molecule has 2 heteroatoms. The van der Waals surface area contributed by atoms with Crippen LogP contribution in [0.3, 0.4) is 0 Å². The van der Waals surface area contributed by atoms with Crippen molar-refractivity contribution in [2.45, 2.75) is 26.3 Å². The Hall–Kier alpha value is -0.520. The van der Waals surface area contributed by atoms with Crippen molar-refractivity contribution < 1.29 is 4.84 Å². The van der Waals surface area contributed by atoms with Crippen LogP contribution in [0, 0.1) is 12.3 Å². The number of rotatable bonds is 4. The van der Waals surface area contributed by atoms with E-state index in [1.54, 1.807) is 0 Å². The Balaban J connectivity index is 2.99. The second kappa shape index (κ2) is 5.61. The number of hydroxylamine groups is 1. The van der Waals surface area contributed by atoms with Gasteiger partial charge < -0.3 is 0 Å². The summed E-state index contributed by atoms with van der Waals surface area (Å²) < 4.78 is 0. The second-order valence-electron chi connectivity index (χ2n) is 1.92. The van der Waals surface area contributed by atoms with E-state index in [1.165, 1.54) is 0 Å². The summed E-state index contributed by atoms with van der Waals surface area (Å²) in [6, 6.07) is 0.387. The molecule has 1 unspecified atom stereocenters. The average molecular weight is 127 g/mol. The minimum atomic E-state index is 0.338. The summed E-state index contributed by atoms with van der Waals surface area (Å²) >= 11 is 0. The summed E-state index contributed by atoms with van der Waals surface area (Å²) in [7, 11) is 0. The molecule has 0 saturated carbocycles. The largest absolute Gasteiger partial charge is 0.289 e. The van der Waals surface area contributed by atoms with Crippen molar-refractivity contribution in [1.29, 1.82) is 0 Å². The first-order valence-electron chi connectivity index (χ1n) is 3.12. The normalized spacial score (nSPS) is 12.6. The van der Waals surface area contributed by atoms with Crippen LogP contribution >= 0.6 is 0 Å². The maximum absolute atomic E-state index is 4.94. The van der Waals surface area contributed by atoms with Crippen LogP contribution in [-0.2, 0) is 4.84 Å². The molecule has 0 aromatic carbocycles. The molecule has 0 bridgehead atoms. The van der Waals surface area contributed by atoms with Gasteiger partial charge >= 0.3 is 0 Å². The predicted octanol–water partition coefficient (Wildman–Crippen LogP) is 0.939. The predicted molar refractivity (Wildman–Crippen MR) is 37.7 cm³/mol. The van der Waals surface area contributed by atoms with Crippen molar-refractivity contribution in [3.05, 3.63) is 0 Å². The van der Waals surface area contributed by atoms with Crippen LogP contribution < -0.4 is 5.48 Å². The lowest BCUT2D eigenvalue weighted by Gasteiger charge is -2.08. The van der Waals surface area contributed by atoms with Crippen LogP contribution in [0.25, 0.3) is 0 Å². The van der Waals surface area contributed by atoms with Gasteiger partial charge in [0.05, 0.1) is 0 Å². The molecule has 0 aliphatic heterocycles. The Morgan fingerprint density at radius 3 is 2.89 bits per heavy atom. The van der Waals surface area contributed by atoms with E-state index in [-0.39, 0.29) is 0 Å². The van der Waals surface area contributed by atoms with E-state index in [2.05, 4.69) is 18.3 Å². The van der Waals surface area contributed by atoms with Crippen LogP contribution in [0.5, 0.6) is 0 Å². The van der Waals surface area contributed by atoms with Gasteiger partial charge in [0, 0.05) is 6.04 Å². The third-order valence-corrected chi connectivity index (χ3v) is 1.05. The zero-order valence-corrected chi connectivity index (χ0v) is 5.98. The molecule has 0 aromatic rings. The number of nitrogens with one attached hydrogen (secondary N) is 1. The van der Waals surface area contributed by atoms with Gasteiger partial charge in [-0.1, -0.05) is 12.8 Å². The van der Waals surface area contributed by atoms with Crippen LogP contribution in [-0.4, -0.2) is 12.6 Å². The van der Waals surface area contributed by atoms with Crippen LogP contribution in [0.1, 0.15) is 20.3 Å². The minimum absolute atomic E-state index is 0.338. The van der Waals surface area contributed by atoms with Gasteiger partial charge in [-0.3, -0.25) is 4.84 Å². The zero-order chi connectivity index (χ0) is 7.11. The molecule has 1 N–H and O–H groups in total. The van der Waals surface area contributed by atoms with Gasteiger partial charge in [-0.25, -0.2) is 0 Å². The van der Waals surface area contributed by atoms with E-state index in [0.717, 1.165) is 6.42 Å². The summed E-state index contributed by atoms with van der Waals surface area (Å²) in [6.07, 6.45) is 5.99. The Morgan fingerprint density at radius 2 is 2.44 bits per heavy atom. The van der Waals surface area contributed by atoms with Crippen molar-refractivity contribution >= 4 is 0 Å². The monoisotopic (exact) mass is 127 g/mol. The number of hydrogen-bond acceptors (Lipinski definition) is 2. The first-order chi connectivity index (χ1) is 4.31. The summed E-state index contributed by atoms with van der Waals surface area (Å²) in [4.78, 5) is 4.85. The van der Waals surface area contributed by atoms with Gasteiger partial charge in [0.2, 0.25) is 0 Å². The Labute approximate surface area is 56.5 Å². The number of terminal acetylenes is 1. The summed E-state index contributed by atoms with van der Waals surface area (Å²) in [5, 5.41) is 0. The third kappa shape index (κ3) is 5.35. The standard InChI is InChI=1S/C7H13NO/c1-4-6-9-8-7(3)5-2/h1,7-8H,5-6H2,2-3H3. The van der Waals surface area contributed by atoms with Crippen LogP contribution in [0.4, 0.5) is 0 Å². The maximum atomic E-state index is 4.94. The van der Waals surface area contributed by atoms with E-state index >= 15 is 0 Å². The SMILES string of the molecule is C#CCONC(C)CC. The Kier molecular flexibility index (Phi) is 5.29. The van der Waals surface area contributed by atoms with Gasteiger partial charge in [-0.2, -0.15) is 5.48 Å². The molecular formula is C7H13NO. The number of hydrogen-bond donors (Lipinski definition) is 1. The molecule has 0 radical (unpaired) electrons. The van der Waals surface area contributed by atoms with Crippen molar-refractivity contribution in [3.63, 3.8) is 0 Å². The lowest BCUT2D eigenvalue weighted by Crippen LogP contribution is -2.25. The van der Waals surface area contributed by atoms with E-state index in [4.69, 9.17) is 11.3 Å². The van der Waals surface area contributed by atoms with Gasteiger partial charge in [0.15, 0.2) is 0 Å². The molecule has 0 saturated heterocycles. The van der Waals surface area contributed by atoms with Gasteiger partial charge in [0.1, 0.15) is 6.61 Å². The lowest BCUT2D eigenvalue weighted by molar-refractivity contribution is 0.0419. The molecule has 0 aliphatic carbocycles. The fourth-order valence-corrected chi connectivity index (χ4v) is 0.309. The molecule has 0 aliphatic rings. The molecule has 1 atom stereocenters. The van der Waals surface area contributed by atoms with Crippen molar-refractivity contribution in [1.82, 2.24) is 5.48 Å². The highest BCUT2D eigenvalue weighted by Gasteiger charge is 1.93. The Morgan fingerprint density at radius 1 is 1.78 bits per heavy atom. The molecular weight excluding hydrogens is 114 g/mol. The van der Waals surface area contributed by atoms with Crippen LogP contribution in [0.15, 0.2) is 0 Å². The highest BCUT2D eigenvalue weighted by Crippen LogP contribution is 1.85. The van der Waals surface area contributed by atoms with E-state index in [9.17, 15) is 0 Å². The minimum Gasteiger partial charge on any atom is -0.289 e. The van der Waals surface area contributed by atoms with E-state index < -0.39 is 0 Å². The lowest BCUT2D eigenvalue weighted by atomic mass is 10.3. The van der Waals surface area contributed by atoms with E-state index in [0.29, 0.717) is 12.6 Å². The quantitative estimate of drug-likeness (QED) is 0.345. The van der Waals surface area contributed by atoms with Gasteiger partial charge in [-0.15, -0.1) is 6.42 Å². The molecule has 0 heterocycles. The van der Waals surface area contributed by atoms with Gasteiger partial charge in [0.25, 0.3) is 0 Å². The zero-order valence-electron chi connectivity index (χ0n) is 5.98. The highest BCUT2D eigenvalue weighted by molar-refractivity contribution is 4.82. The Bertz CT molecular complexity index is 95.6. The van der Waals surface area contributed by atoms with Crippen molar-refractivity contribution in [2.24, 2.45) is 0 Å². The first-order valence-corrected chi connectivity index (χ1v) is 3.12. The van der Waals surface area contributed by atoms with E-state index in [1.807, 2.05) is 6.92 Å². The average Bonchev–Trinajstić information content (AvgIpc) is 1.89. The van der Waals surface area contributed by atoms with Crippen molar-refractivity contribution in [3.8, 4) is 12.3 Å². The molecule has 0 rings (SSSR count). The smallest absolute Gasteiger partial charge is 0.128 e. The summed E-state index contributed by atoms with van der Waals surface area (Å²) in [5.41, 5.74) is 2.79. The highest BCUT2D eigenvalue weighted by atomic mass is 16.6. The molecule has 0 aromatic heterocycles. The van der Waals surface area contributed by atoms with Gasteiger partial charge in [-0.05, 0) is 13.3 Å². The second-order valence-corrected chi connectivity index (χ2v) is 1.92. The first kappa shape index (κ1) is 8.48. The van der Waals surface area contributed by atoms with Crippen molar-refractivity contribution in [2.75, 3.05) is 6.61 Å². The fraction of sp³-hybridized carbons (Fsp3) is 0.714. The molecule has 52 valence electrons. The molecule has 0 spiro atoms. The fourth-order valence-electron chi connectivity index (χ4n) is 0.309. The molecule has 0 fully saturated rings. The topological polar surface area (TPSA) is 21.3 Å². The maximum Gasteiger partial charge on any atom is 0.128 e. The molecule has 9 heavy (non-hydrogen) atoms. The molecule has 2 nitrogen and oxygen atoms in total. The van der Waals surface area contributed by atoms with Crippen LogP contribution in [0.2, 0.25) is 0 Å². The summed E-state index contributed by atoms with van der Waals surface area (Å²) in [6.45, 7) is 4.46. The molecule has 0 amide bonds.